The second-order valence-corrected chi connectivity index (χ2v) is 10.3. The van der Waals surface area contributed by atoms with Gasteiger partial charge in [-0.3, -0.25) is 4.98 Å². The maximum Gasteiger partial charge on any atom is 0.249 e. The Morgan fingerprint density at radius 2 is 1.80 bits per heavy atom. The summed E-state index contributed by atoms with van der Waals surface area (Å²) in [4.78, 5) is 7.67. The Labute approximate surface area is 233 Å². The molecule has 0 radical (unpaired) electrons. The highest BCUT2D eigenvalue weighted by Gasteiger charge is 2.23. The molecule has 0 bridgehead atoms. The van der Waals surface area contributed by atoms with Gasteiger partial charge in [0.1, 0.15) is 17.6 Å². The van der Waals surface area contributed by atoms with E-state index in [9.17, 15) is 19.8 Å². The lowest BCUT2D eigenvalue weighted by Crippen LogP contribution is -2.22. The largest absolute Gasteiger partial charge is 0.373 e. The number of halogens is 4. The molecule has 0 aliphatic rings. The van der Waals surface area contributed by atoms with Gasteiger partial charge in [0.05, 0.1) is 52.8 Å². The normalized spacial score (nSPS) is 13.4. The van der Waals surface area contributed by atoms with Crippen molar-refractivity contribution in [3.05, 3.63) is 100 Å². The minimum atomic E-state index is -1.76. The van der Waals surface area contributed by atoms with E-state index in [-0.39, 0.29) is 27.7 Å². The van der Waals surface area contributed by atoms with Crippen LogP contribution in [0.2, 0.25) is 5.02 Å². The molecule has 2 aromatic carbocycles. The number of rotatable bonds is 6. The van der Waals surface area contributed by atoms with Crippen molar-refractivity contribution in [3.8, 4) is 6.07 Å². The molecule has 0 saturated heterocycles. The fourth-order valence-electron chi connectivity index (χ4n) is 3.94. The van der Waals surface area contributed by atoms with E-state index in [1.54, 1.807) is 23.0 Å². The zero-order chi connectivity index (χ0) is 29.5. The summed E-state index contributed by atoms with van der Waals surface area (Å²) < 4.78 is 52.2. The third-order valence-corrected chi connectivity index (χ3v) is 6.24. The van der Waals surface area contributed by atoms with Crippen LogP contribution >= 0.6 is 11.6 Å². The lowest BCUT2D eigenvalue weighted by Gasteiger charge is -2.21. The molecule has 1 atom stereocenters. The first kappa shape index (κ1) is 25.6. The molecule has 0 unspecified atom stereocenters. The second kappa shape index (κ2) is 10.5. The van der Waals surface area contributed by atoms with E-state index in [2.05, 4.69) is 30.9 Å². The molecule has 0 amide bonds. The zero-order valence-corrected chi connectivity index (χ0v) is 22.2. The topological polar surface area (TPSA) is 104 Å². The maximum absolute atomic E-state index is 13.9. The number of benzene rings is 2. The van der Waals surface area contributed by atoms with Gasteiger partial charge in [0, 0.05) is 23.3 Å². The molecule has 0 aliphatic heterocycles. The minimum absolute atomic E-state index is 0.0855. The van der Waals surface area contributed by atoms with E-state index in [4.69, 9.17) is 11.6 Å². The van der Waals surface area contributed by atoms with Crippen LogP contribution in [0, 0.1) is 28.9 Å². The van der Waals surface area contributed by atoms with Crippen molar-refractivity contribution in [2.75, 3.05) is 10.6 Å². The van der Waals surface area contributed by atoms with Crippen LogP contribution in [0.25, 0.3) is 10.9 Å². The van der Waals surface area contributed by atoms with Gasteiger partial charge in [-0.2, -0.15) is 9.65 Å². The third-order valence-electron chi connectivity index (χ3n) is 5.95. The van der Waals surface area contributed by atoms with Crippen LogP contribution in [0.4, 0.5) is 30.2 Å². The molecule has 2 N–H and O–H groups in total. The highest BCUT2D eigenvalue weighted by Crippen LogP contribution is 2.37. The number of nitriles is 1. The Morgan fingerprint density at radius 1 is 1.05 bits per heavy atom. The summed E-state index contributed by atoms with van der Waals surface area (Å²) in [7, 11) is 0. The first-order chi connectivity index (χ1) is 19.4. The average Bonchev–Trinajstić information content (AvgIpc) is 3.44. The standard InChI is InChI=1S/C28H22ClF3N8/c1-28(2,3)40-14-23(38-39-40)25(15-4-6-17(30)7-5-15)36-18-8-20-24(37-19-10-22(31)27(32)35-13-19)16(11-33)12-34-26(20)21(29)9-18/h4-10,12-14,25,36H,1-3H3,(H,34,37)/t25-/m1/s1/i25D. The number of nitrogens with zero attached hydrogens (tertiary/aromatic N) is 6. The van der Waals surface area contributed by atoms with Gasteiger partial charge in [0.2, 0.25) is 5.95 Å². The number of hydrogen-bond donors (Lipinski definition) is 2. The summed E-state index contributed by atoms with van der Waals surface area (Å²) in [6.07, 6.45) is 4.01. The molecule has 5 rings (SSSR count). The molecule has 0 aliphatic carbocycles. The van der Waals surface area contributed by atoms with E-state index in [0.717, 1.165) is 12.3 Å². The monoisotopic (exact) mass is 563 g/mol. The van der Waals surface area contributed by atoms with Crippen molar-refractivity contribution in [2.24, 2.45) is 0 Å². The van der Waals surface area contributed by atoms with Gasteiger partial charge in [0.15, 0.2) is 5.82 Å². The average molecular weight is 564 g/mol. The molecule has 202 valence electrons. The van der Waals surface area contributed by atoms with Gasteiger partial charge in [-0.25, -0.2) is 18.4 Å². The number of pyridine rings is 2. The van der Waals surface area contributed by atoms with E-state index in [1.165, 1.54) is 30.5 Å². The predicted molar refractivity (Wildman–Crippen MR) is 146 cm³/mol. The lowest BCUT2D eigenvalue weighted by molar-refractivity contribution is 0.347. The van der Waals surface area contributed by atoms with Crippen LogP contribution in [-0.4, -0.2) is 25.0 Å². The fourth-order valence-corrected chi connectivity index (χ4v) is 4.20. The predicted octanol–water partition coefficient (Wildman–Crippen LogP) is 6.86. The van der Waals surface area contributed by atoms with Crippen molar-refractivity contribution in [2.45, 2.75) is 32.3 Å². The van der Waals surface area contributed by atoms with Crippen LogP contribution in [-0.2, 0) is 5.54 Å². The Hall–Kier alpha value is -4.69. The lowest BCUT2D eigenvalue weighted by atomic mass is 10.0. The second-order valence-electron chi connectivity index (χ2n) is 9.86. The summed E-state index contributed by atoms with van der Waals surface area (Å²) in [6.45, 7) is 5.80. The van der Waals surface area contributed by atoms with Gasteiger partial charge in [0.25, 0.3) is 0 Å². The van der Waals surface area contributed by atoms with Crippen LogP contribution < -0.4 is 10.6 Å². The SMILES string of the molecule is [2H][C@@](Nc1cc(Cl)c2ncc(C#N)c(Nc3cnc(F)c(F)c3)c2c1)(c1ccc(F)cc1)c1cn(C(C)(C)C)nn1. The first-order valence-corrected chi connectivity index (χ1v) is 12.3. The van der Waals surface area contributed by atoms with E-state index in [1.807, 2.05) is 26.8 Å². The van der Waals surface area contributed by atoms with Gasteiger partial charge >= 0.3 is 0 Å². The highest BCUT2D eigenvalue weighted by atomic mass is 35.5. The van der Waals surface area contributed by atoms with E-state index in [0.29, 0.717) is 22.2 Å². The number of nitrogens with one attached hydrogen (secondary N) is 2. The fraction of sp³-hybridized carbons (Fsp3) is 0.179. The Bertz CT molecular complexity index is 1810. The molecular weight excluding hydrogens is 541 g/mol. The molecule has 8 nitrogen and oxygen atoms in total. The Balaban J connectivity index is 1.66. The van der Waals surface area contributed by atoms with Gasteiger partial charge in [-0.05, 0) is 50.6 Å². The van der Waals surface area contributed by atoms with Crippen molar-refractivity contribution in [1.29, 1.82) is 5.26 Å². The van der Waals surface area contributed by atoms with Gasteiger partial charge < -0.3 is 10.6 Å². The summed E-state index contributed by atoms with van der Waals surface area (Å²) in [5.41, 5.74) is 1.21. The molecule has 5 aromatic rings. The van der Waals surface area contributed by atoms with Crippen LogP contribution in [0.5, 0.6) is 0 Å². The number of fused-ring (bicyclic) bond motifs is 1. The molecule has 0 fully saturated rings. The summed E-state index contributed by atoms with van der Waals surface area (Å²) in [6, 6.07) is 9.73. The van der Waals surface area contributed by atoms with Crippen molar-refractivity contribution < 1.29 is 14.5 Å². The summed E-state index contributed by atoms with van der Waals surface area (Å²) >= 11 is 6.61. The van der Waals surface area contributed by atoms with Crippen molar-refractivity contribution in [3.63, 3.8) is 0 Å². The van der Waals surface area contributed by atoms with Gasteiger partial charge in [-0.1, -0.05) is 28.9 Å². The van der Waals surface area contributed by atoms with Crippen molar-refractivity contribution >= 4 is 39.6 Å². The molecule has 3 heterocycles. The molecule has 3 aromatic heterocycles. The van der Waals surface area contributed by atoms with Crippen LogP contribution in [0.15, 0.2) is 61.1 Å². The van der Waals surface area contributed by atoms with E-state index < -0.39 is 29.1 Å². The Kier molecular flexibility index (Phi) is 6.69. The molecule has 40 heavy (non-hydrogen) atoms. The van der Waals surface area contributed by atoms with Gasteiger partial charge in [-0.15, -0.1) is 5.10 Å². The maximum atomic E-state index is 13.9. The summed E-state index contributed by atoms with van der Waals surface area (Å²) in [5.74, 6) is -2.91. The number of aromatic nitrogens is 5. The third kappa shape index (κ3) is 5.39. The zero-order valence-electron chi connectivity index (χ0n) is 22.5. The number of anilines is 3. The first-order valence-electron chi connectivity index (χ1n) is 12.5. The number of hydrogen-bond acceptors (Lipinski definition) is 7. The smallest absolute Gasteiger partial charge is 0.249 e. The Morgan fingerprint density at radius 3 is 2.45 bits per heavy atom. The van der Waals surface area contributed by atoms with Crippen LogP contribution in [0.1, 0.15) is 45.0 Å². The molecule has 12 heteroatoms. The van der Waals surface area contributed by atoms with Crippen LogP contribution in [0.3, 0.4) is 0 Å². The molecule has 0 saturated carbocycles. The quantitative estimate of drug-likeness (QED) is 0.217. The summed E-state index contributed by atoms with van der Waals surface area (Å²) in [5, 5.41) is 24.8. The van der Waals surface area contributed by atoms with E-state index >= 15 is 0 Å². The molecular formula is C28H22ClF3N8. The minimum Gasteiger partial charge on any atom is -0.373 e. The molecule has 0 spiro atoms. The van der Waals surface area contributed by atoms with Crippen molar-refractivity contribution in [1.82, 2.24) is 25.0 Å². The highest BCUT2D eigenvalue weighted by molar-refractivity contribution is 6.36.